The molecule has 0 bridgehead atoms. The highest BCUT2D eigenvalue weighted by Crippen LogP contribution is 2.35. The van der Waals surface area contributed by atoms with Gasteiger partial charge in [-0.2, -0.15) is 0 Å². The van der Waals surface area contributed by atoms with E-state index in [9.17, 15) is 0 Å². The van der Waals surface area contributed by atoms with Crippen LogP contribution >= 0.6 is 11.6 Å². The number of fused-ring (bicyclic) bond motifs is 5. The predicted octanol–water partition coefficient (Wildman–Crippen LogP) is 3.71. The zero-order valence-corrected chi connectivity index (χ0v) is 18.3. The molecule has 1 atom stereocenters. The van der Waals surface area contributed by atoms with E-state index in [4.69, 9.17) is 31.1 Å². The maximum absolute atomic E-state index is 6.33. The number of aliphatic imine (C=N–C) groups is 1. The first-order chi connectivity index (χ1) is 15.7. The third-order valence-corrected chi connectivity index (χ3v) is 6.23. The van der Waals surface area contributed by atoms with E-state index in [1.54, 1.807) is 7.11 Å². The van der Waals surface area contributed by atoms with E-state index in [1.165, 1.54) is 5.57 Å². The second-order valence-electron chi connectivity index (χ2n) is 7.98. The lowest BCUT2D eigenvalue weighted by molar-refractivity contribution is 0.174. The SMILES string of the molecule is COCc1nnc2n1Cc1c(C3=NC(C4=CCCC=C4)CO3)ncn1-c1ccc(Cl)cc1-2. The van der Waals surface area contributed by atoms with Gasteiger partial charge in [-0.15, -0.1) is 10.2 Å². The molecule has 6 rings (SSSR count). The zero-order chi connectivity index (χ0) is 21.7. The first kappa shape index (κ1) is 19.5. The normalized spacial score (nSPS) is 18.9. The molecule has 9 heteroatoms. The Morgan fingerprint density at radius 3 is 3.03 bits per heavy atom. The summed E-state index contributed by atoms with van der Waals surface area (Å²) in [5.41, 5.74) is 4.72. The van der Waals surface area contributed by atoms with Crippen LogP contribution in [0.5, 0.6) is 0 Å². The van der Waals surface area contributed by atoms with Crippen LogP contribution in [0.3, 0.4) is 0 Å². The number of halogens is 1. The zero-order valence-electron chi connectivity index (χ0n) is 17.5. The summed E-state index contributed by atoms with van der Waals surface area (Å²) in [7, 11) is 1.65. The summed E-state index contributed by atoms with van der Waals surface area (Å²) in [5.74, 6) is 2.05. The highest BCUT2D eigenvalue weighted by Gasteiger charge is 2.31. The number of imidazole rings is 1. The molecule has 2 aliphatic heterocycles. The Hall–Kier alpha value is -3.23. The predicted molar refractivity (Wildman–Crippen MR) is 120 cm³/mol. The summed E-state index contributed by atoms with van der Waals surface area (Å²) in [6.07, 6.45) is 10.5. The molecule has 3 aliphatic rings. The summed E-state index contributed by atoms with van der Waals surface area (Å²) < 4.78 is 15.5. The number of aromatic nitrogens is 5. The number of benzene rings is 1. The molecule has 0 amide bonds. The molecule has 0 spiro atoms. The van der Waals surface area contributed by atoms with E-state index >= 15 is 0 Å². The topological polar surface area (TPSA) is 79.3 Å². The average Bonchev–Trinajstić information content (AvgIpc) is 3.53. The van der Waals surface area contributed by atoms with Crippen LogP contribution in [0.15, 0.2) is 53.3 Å². The fourth-order valence-corrected chi connectivity index (χ4v) is 4.62. The lowest BCUT2D eigenvalue weighted by Gasteiger charge is -2.09. The second-order valence-corrected chi connectivity index (χ2v) is 8.41. The molecule has 2 aromatic heterocycles. The van der Waals surface area contributed by atoms with Crippen molar-refractivity contribution in [2.75, 3.05) is 13.7 Å². The van der Waals surface area contributed by atoms with Gasteiger partial charge in [0, 0.05) is 17.7 Å². The average molecular weight is 449 g/mol. The van der Waals surface area contributed by atoms with Crippen molar-refractivity contribution in [3.8, 4) is 17.1 Å². The monoisotopic (exact) mass is 448 g/mol. The highest BCUT2D eigenvalue weighted by atomic mass is 35.5. The van der Waals surface area contributed by atoms with Crippen molar-refractivity contribution in [3.63, 3.8) is 0 Å². The highest BCUT2D eigenvalue weighted by molar-refractivity contribution is 6.31. The van der Waals surface area contributed by atoms with Crippen LogP contribution in [0.25, 0.3) is 17.1 Å². The maximum Gasteiger partial charge on any atom is 0.238 e. The molecule has 0 radical (unpaired) electrons. The van der Waals surface area contributed by atoms with Crippen molar-refractivity contribution in [2.24, 2.45) is 4.99 Å². The second kappa shape index (κ2) is 7.72. The Bertz CT molecular complexity index is 1300. The summed E-state index contributed by atoms with van der Waals surface area (Å²) >= 11 is 6.33. The number of ether oxygens (including phenoxy) is 2. The molecule has 0 N–H and O–H groups in total. The van der Waals surface area contributed by atoms with Crippen LogP contribution in [0.4, 0.5) is 0 Å². The van der Waals surface area contributed by atoms with Gasteiger partial charge in [-0.05, 0) is 36.6 Å². The molecule has 3 aromatic rings. The summed E-state index contributed by atoms with van der Waals surface area (Å²) in [5, 5.41) is 9.43. The Morgan fingerprint density at radius 2 is 2.19 bits per heavy atom. The number of rotatable bonds is 4. The van der Waals surface area contributed by atoms with Crippen LogP contribution in [-0.2, 0) is 22.6 Å². The number of nitrogens with zero attached hydrogens (tertiary/aromatic N) is 6. The first-order valence-corrected chi connectivity index (χ1v) is 11.0. The van der Waals surface area contributed by atoms with Crippen LogP contribution in [0.1, 0.15) is 30.1 Å². The molecule has 1 aromatic carbocycles. The van der Waals surface area contributed by atoms with Crippen LogP contribution in [0, 0.1) is 0 Å². The van der Waals surface area contributed by atoms with Crippen LogP contribution < -0.4 is 0 Å². The fraction of sp³-hybridized carbons (Fsp3) is 0.304. The van der Waals surface area contributed by atoms with Crippen molar-refractivity contribution in [3.05, 3.63) is 70.6 Å². The Balaban J connectivity index is 1.48. The van der Waals surface area contributed by atoms with Crippen molar-refractivity contribution in [1.29, 1.82) is 0 Å². The summed E-state index contributed by atoms with van der Waals surface area (Å²) in [6.45, 7) is 1.39. The van der Waals surface area contributed by atoms with Gasteiger partial charge in [0.15, 0.2) is 11.6 Å². The van der Waals surface area contributed by atoms with E-state index < -0.39 is 0 Å². The number of hydrogen-bond donors (Lipinski definition) is 0. The van der Waals surface area contributed by atoms with Gasteiger partial charge in [-0.1, -0.05) is 29.8 Å². The minimum atomic E-state index is 0.00490. The van der Waals surface area contributed by atoms with E-state index in [-0.39, 0.29) is 6.04 Å². The molecule has 0 fully saturated rings. The van der Waals surface area contributed by atoms with Gasteiger partial charge in [0.25, 0.3) is 0 Å². The molecular formula is C23H21ClN6O2. The Morgan fingerprint density at radius 1 is 1.25 bits per heavy atom. The minimum absolute atomic E-state index is 0.00490. The van der Waals surface area contributed by atoms with Gasteiger partial charge in [0.1, 0.15) is 31.3 Å². The van der Waals surface area contributed by atoms with Crippen molar-refractivity contribution >= 4 is 17.5 Å². The van der Waals surface area contributed by atoms with Gasteiger partial charge in [0.2, 0.25) is 5.90 Å². The molecule has 32 heavy (non-hydrogen) atoms. The van der Waals surface area contributed by atoms with E-state index in [2.05, 4.69) is 33.0 Å². The van der Waals surface area contributed by atoms with E-state index in [0.717, 1.165) is 47.1 Å². The lowest BCUT2D eigenvalue weighted by Crippen LogP contribution is -2.13. The van der Waals surface area contributed by atoms with Crippen molar-refractivity contribution < 1.29 is 9.47 Å². The van der Waals surface area contributed by atoms with Crippen LogP contribution in [0.2, 0.25) is 5.02 Å². The largest absolute Gasteiger partial charge is 0.474 e. The van der Waals surface area contributed by atoms with Gasteiger partial charge < -0.3 is 14.0 Å². The number of methoxy groups -OCH3 is 1. The molecule has 0 saturated heterocycles. The quantitative estimate of drug-likeness (QED) is 0.475. The minimum Gasteiger partial charge on any atom is -0.474 e. The summed E-state index contributed by atoms with van der Waals surface area (Å²) in [6, 6.07) is 5.76. The third kappa shape index (κ3) is 3.10. The molecular weight excluding hydrogens is 428 g/mol. The standard InChI is InChI=1S/C23H21ClN6O2/c1-31-12-20-27-28-22-16-9-15(24)7-8-18(16)30-13-25-21(19(30)10-29(20)22)23-26-17(11-32-23)14-5-3-2-4-6-14/h3,5-9,13,17H,2,4,10-12H2,1H3. The molecule has 4 heterocycles. The number of hydrogen-bond acceptors (Lipinski definition) is 6. The van der Waals surface area contributed by atoms with Crippen molar-refractivity contribution in [2.45, 2.75) is 32.0 Å². The fourth-order valence-electron chi connectivity index (χ4n) is 4.45. The Kier molecular flexibility index (Phi) is 4.69. The number of allylic oxidation sites excluding steroid dienone is 2. The van der Waals surface area contributed by atoms with Crippen LogP contribution in [-0.4, -0.2) is 50.0 Å². The summed E-state index contributed by atoms with van der Waals surface area (Å²) in [4.78, 5) is 9.58. The Labute approximate surface area is 189 Å². The van der Waals surface area contributed by atoms with Crippen molar-refractivity contribution in [1.82, 2.24) is 24.3 Å². The molecule has 1 aliphatic carbocycles. The first-order valence-electron chi connectivity index (χ1n) is 10.6. The molecule has 1 unspecified atom stereocenters. The molecule has 162 valence electrons. The van der Waals surface area contributed by atoms with Gasteiger partial charge in [-0.25, -0.2) is 9.98 Å². The van der Waals surface area contributed by atoms with Gasteiger partial charge >= 0.3 is 0 Å². The van der Waals surface area contributed by atoms with Gasteiger partial charge in [0.05, 0.1) is 17.9 Å². The third-order valence-electron chi connectivity index (χ3n) is 6.00. The lowest BCUT2D eigenvalue weighted by atomic mass is 10.0. The smallest absolute Gasteiger partial charge is 0.238 e. The molecule has 8 nitrogen and oxygen atoms in total. The van der Waals surface area contributed by atoms with E-state index in [1.807, 2.05) is 29.1 Å². The van der Waals surface area contributed by atoms with Gasteiger partial charge in [-0.3, -0.25) is 4.57 Å². The molecule has 0 saturated carbocycles. The maximum atomic E-state index is 6.33. The van der Waals surface area contributed by atoms with E-state index in [0.29, 0.717) is 30.7 Å².